The van der Waals surface area contributed by atoms with Gasteiger partial charge >= 0.3 is 6.09 Å². The monoisotopic (exact) mass is 463 g/mol. The second kappa shape index (κ2) is 8.54. The number of nitrogens with one attached hydrogen (secondary N) is 1. The molecule has 10 heteroatoms. The molecule has 0 saturated carbocycles. The van der Waals surface area contributed by atoms with Gasteiger partial charge in [-0.3, -0.25) is 14.5 Å². The number of benzene rings is 1. The van der Waals surface area contributed by atoms with Crippen molar-refractivity contribution in [2.75, 3.05) is 23.9 Å². The quantitative estimate of drug-likeness (QED) is 0.485. The highest BCUT2D eigenvalue weighted by atomic mass is 19.2. The minimum absolute atomic E-state index is 0.218. The maximum Gasteiger partial charge on any atom is 0.412 e. The Hall–Kier alpha value is -4.34. The van der Waals surface area contributed by atoms with Gasteiger partial charge in [-0.05, 0) is 49.2 Å². The molecule has 4 aromatic rings. The molecule has 34 heavy (non-hydrogen) atoms. The van der Waals surface area contributed by atoms with Crippen molar-refractivity contribution in [1.82, 2.24) is 14.4 Å². The molecule has 0 aliphatic carbocycles. The first-order valence-electron chi connectivity index (χ1n) is 10.5. The first-order chi connectivity index (χ1) is 16.5. The van der Waals surface area contributed by atoms with Gasteiger partial charge in [-0.25, -0.2) is 23.5 Å². The largest absolute Gasteiger partial charge is 0.453 e. The summed E-state index contributed by atoms with van der Waals surface area (Å²) >= 11 is 0. The lowest BCUT2D eigenvalue weighted by molar-refractivity contribution is 0.0984. The molecule has 4 heterocycles. The van der Waals surface area contributed by atoms with E-state index in [9.17, 15) is 18.4 Å². The molecule has 3 aromatic heterocycles. The summed E-state index contributed by atoms with van der Waals surface area (Å²) in [5.41, 5.74) is 3.01. The zero-order chi connectivity index (χ0) is 23.8. The highest BCUT2D eigenvalue weighted by molar-refractivity contribution is 6.06. The van der Waals surface area contributed by atoms with Crippen molar-refractivity contribution >= 4 is 29.2 Å². The Labute approximate surface area is 192 Å². The molecule has 2 amide bonds. The summed E-state index contributed by atoms with van der Waals surface area (Å²) < 4.78 is 34.3. The van der Waals surface area contributed by atoms with Crippen LogP contribution in [0, 0.1) is 11.6 Å². The summed E-state index contributed by atoms with van der Waals surface area (Å²) in [6.45, 7) is 0.407. The normalized spacial score (nSPS) is 13.0. The van der Waals surface area contributed by atoms with Gasteiger partial charge in [-0.2, -0.15) is 0 Å². The molecule has 8 nitrogen and oxygen atoms in total. The number of halogens is 2. The molecular weight excluding hydrogens is 444 g/mol. The summed E-state index contributed by atoms with van der Waals surface area (Å²) in [5.74, 6) is -1.81. The zero-order valence-corrected chi connectivity index (χ0v) is 18.1. The van der Waals surface area contributed by atoms with Crippen molar-refractivity contribution in [2.45, 2.75) is 12.8 Å². The number of nitrogens with zero attached hydrogens (tertiary/aromatic N) is 4. The van der Waals surface area contributed by atoms with E-state index in [-0.39, 0.29) is 11.5 Å². The second-order valence-electron chi connectivity index (χ2n) is 7.76. The minimum atomic E-state index is -0.918. The van der Waals surface area contributed by atoms with Gasteiger partial charge in [0.15, 0.2) is 11.6 Å². The molecular formula is C24H19F2N5O3. The minimum Gasteiger partial charge on any atom is -0.453 e. The van der Waals surface area contributed by atoms with Crippen LogP contribution in [0.4, 0.5) is 25.1 Å². The number of aromatic nitrogens is 3. The van der Waals surface area contributed by atoms with E-state index in [1.807, 2.05) is 0 Å². The number of hydrogen-bond acceptors (Lipinski definition) is 5. The van der Waals surface area contributed by atoms with Crippen LogP contribution in [0.3, 0.4) is 0 Å². The van der Waals surface area contributed by atoms with Crippen molar-refractivity contribution in [2.24, 2.45) is 0 Å². The number of anilines is 2. The average Bonchev–Trinajstić information content (AvgIpc) is 3.29. The number of hydrogen-bond donors (Lipinski definition) is 1. The van der Waals surface area contributed by atoms with E-state index in [1.165, 1.54) is 18.1 Å². The SMILES string of the molecule is COC(=O)Nc1ccc(-c2cnc3ccc(C(=O)N4CCCc5c4ccc(F)c5F)cn23)cn1. The van der Waals surface area contributed by atoms with Gasteiger partial charge in [-0.15, -0.1) is 0 Å². The third-order valence-corrected chi connectivity index (χ3v) is 5.74. The average molecular weight is 463 g/mol. The van der Waals surface area contributed by atoms with Crippen LogP contribution in [0.2, 0.25) is 0 Å². The summed E-state index contributed by atoms with van der Waals surface area (Å²) in [6.07, 6.45) is 5.18. The molecule has 172 valence electrons. The molecule has 5 rings (SSSR count). The Kier molecular flexibility index (Phi) is 5.40. The smallest absolute Gasteiger partial charge is 0.412 e. The second-order valence-corrected chi connectivity index (χ2v) is 7.76. The first-order valence-corrected chi connectivity index (χ1v) is 10.5. The van der Waals surface area contributed by atoms with E-state index < -0.39 is 17.7 Å². The molecule has 0 spiro atoms. The molecule has 0 atom stereocenters. The van der Waals surface area contributed by atoms with E-state index in [4.69, 9.17) is 0 Å². The fraction of sp³-hybridized carbons (Fsp3) is 0.167. The number of imidazole rings is 1. The Morgan fingerprint density at radius 3 is 2.68 bits per heavy atom. The van der Waals surface area contributed by atoms with Crippen LogP contribution in [-0.2, 0) is 11.2 Å². The van der Waals surface area contributed by atoms with E-state index in [0.717, 1.165) is 6.07 Å². The van der Waals surface area contributed by atoms with E-state index in [2.05, 4.69) is 20.0 Å². The summed E-state index contributed by atoms with van der Waals surface area (Å²) in [4.78, 5) is 34.8. The van der Waals surface area contributed by atoms with E-state index in [0.29, 0.717) is 53.4 Å². The van der Waals surface area contributed by atoms with Crippen molar-refractivity contribution in [3.8, 4) is 11.3 Å². The van der Waals surface area contributed by atoms with Gasteiger partial charge in [0.25, 0.3) is 5.91 Å². The maximum absolute atomic E-state index is 14.3. The molecule has 0 unspecified atom stereocenters. The summed E-state index contributed by atoms with van der Waals surface area (Å²) in [7, 11) is 1.26. The Balaban J connectivity index is 1.48. The number of amides is 2. The lowest BCUT2D eigenvalue weighted by Gasteiger charge is -2.30. The van der Waals surface area contributed by atoms with Crippen LogP contribution in [0.15, 0.2) is 55.0 Å². The van der Waals surface area contributed by atoms with Crippen LogP contribution >= 0.6 is 0 Å². The van der Waals surface area contributed by atoms with Gasteiger partial charge in [0.1, 0.15) is 11.5 Å². The van der Waals surface area contributed by atoms with Gasteiger partial charge in [0.2, 0.25) is 0 Å². The van der Waals surface area contributed by atoms with Gasteiger partial charge < -0.3 is 9.64 Å². The molecule has 1 aromatic carbocycles. The molecule has 0 radical (unpaired) electrons. The van der Waals surface area contributed by atoms with Crippen LogP contribution in [0.25, 0.3) is 16.9 Å². The lowest BCUT2D eigenvalue weighted by atomic mass is 10.00. The lowest BCUT2D eigenvalue weighted by Crippen LogP contribution is -2.36. The number of carbonyl (C=O) groups is 2. The first kappa shape index (κ1) is 21.5. The highest BCUT2D eigenvalue weighted by Crippen LogP contribution is 2.32. The van der Waals surface area contributed by atoms with Crippen molar-refractivity contribution in [3.05, 3.63) is 77.8 Å². The fourth-order valence-electron chi connectivity index (χ4n) is 4.07. The van der Waals surface area contributed by atoms with Gasteiger partial charge in [0, 0.05) is 30.1 Å². The maximum atomic E-state index is 14.3. The van der Waals surface area contributed by atoms with Gasteiger partial charge in [0.05, 0.1) is 30.3 Å². The number of carbonyl (C=O) groups excluding carboxylic acids is 2. The Morgan fingerprint density at radius 1 is 1.06 bits per heavy atom. The number of ether oxygens (including phenoxy) is 1. The van der Waals surface area contributed by atoms with Crippen LogP contribution in [0.1, 0.15) is 22.3 Å². The van der Waals surface area contributed by atoms with Crippen LogP contribution in [-0.4, -0.2) is 40.0 Å². The number of fused-ring (bicyclic) bond motifs is 2. The zero-order valence-electron chi connectivity index (χ0n) is 18.1. The molecule has 1 aliphatic heterocycles. The summed E-state index contributed by atoms with van der Waals surface area (Å²) in [5, 5.41) is 2.48. The highest BCUT2D eigenvalue weighted by Gasteiger charge is 2.27. The molecule has 0 fully saturated rings. The Bertz CT molecular complexity index is 1420. The predicted octanol–water partition coefficient (Wildman–Crippen LogP) is 4.45. The number of methoxy groups -OCH3 is 1. The third-order valence-electron chi connectivity index (χ3n) is 5.74. The van der Waals surface area contributed by atoms with Crippen molar-refractivity contribution < 1.29 is 23.1 Å². The fourth-order valence-corrected chi connectivity index (χ4v) is 4.07. The molecule has 1 aliphatic rings. The predicted molar refractivity (Wildman–Crippen MR) is 121 cm³/mol. The third kappa shape index (κ3) is 3.72. The molecule has 0 bridgehead atoms. The standard InChI is InChI=1S/C24H19F2N5O3/c1-34-24(33)29-20-8-4-14(11-27-20)19-12-28-21-9-5-15(13-31(19)21)23(32)30-10-2-3-16-18(30)7-6-17(25)22(16)26/h4-9,11-13H,2-3,10H2,1H3,(H,27,29,33). The Morgan fingerprint density at radius 2 is 1.91 bits per heavy atom. The van der Waals surface area contributed by atoms with Gasteiger partial charge in [-0.1, -0.05) is 0 Å². The van der Waals surface area contributed by atoms with Crippen molar-refractivity contribution in [3.63, 3.8) is 0 Å². The van der Waals surface area contributed by atoms with E-state index >= 15 is 0 Å². The van der Waals surface area contributed by atoms with Crippen molar-refractivity contribution in [1.29, 1.82) is 0 Å². The topological polar surface area (TPSA) is 88.8 Å². The number of rotatable bonds is 3. The summed E-state index contributed by atoms with van der Waals surface area (Å²) in [6, 6.07) is 9.25. The number of pyridine rings is 2. The van der Waals surface area contributed by atoms with Crippen LogP contribution in [0.5, 0.6) is 0 Å². The van der Waals surface area contributed by atoms with E-state index in [1.54, 1.807) is 47.3 Å². The van der Waals surface area contributed by atoms with Crippen LogP contribution < -0.4 is 10.2 Å². The molecule has 1 N–H and O–H groups in total. The molecule has 0 saturated heterocycles.